The third kappa shape index (κ3) is 2.20. The monoisotopic (exact) mass is 204 g/mol. The average molecular weight is 204 g/mol. The van der Waals surface area contributed by atoms with Gasteiger partial charge in [-0.2, -0.15) is 4.57 Å². The topological polar surface area (TPSA) is 3.88 Å². The number of benzene rings is 1. The van der Waals surface area contributed by atoms with Crippen LogP contribution >= 0.6 is 11.3 Å². The fraction of sp³-hybridized carbons (Fsp3) is 0.250. The van der Waals surface area contributed by atoms with Gasteiger partial charge >= 0.3 is 0 Å². The van der Waals surface area contributed by atoms with E-state index >= 15 is 0 Å². The highest BCUT2D eigenvalue weighted by atomic mass is 32.1. The molecule has 1 aromatic heterocycles. The second-order valence-corrected chi connectivity index (χ2v) is 4.15. The smallest absolute Gasteiger partial charge is 0.193 e. The highest BCUT2D eigenvalue weighted by Crippen LogP contribution is 2.01. The average Bonchev–Trinajstić information content (AvgIpc) is 2.63. The first-order valence-electron chi connectivity index (χ1n) is 4.82. The minimum atomic E-state index is 1.08. The molecule has 72 valence electrons. The quantitative estimate of drug-likeness (QED) is 0.677. The van der Waals surface area contributed by atoms with Crippen LogP contribution in [-0.4, -0.2) is 0 Å². The van der Waals surface area contributed by atoms with E-state index in [4.69, 9.17) is 0 Å². The molecule has 1 nitrogen and oxygen atoms in total. The van der Waals surface area contributed by atoms with Crippen LogP contribution in [-0.2, 0) is 13.0 Å². The first-order chi connectivity index (χ1) is 6.86. The fourth-order valence-corrected chi connectivity index (χ4v) is 2.29. The first-order valence-corrected chi connectivity index (χ1v) is 5.77. The van der Waals surface area contributed by atoms with E-state index in [0.717, 1.165) is 13.0 Å². The normalized spacial score (nSPS) is 10.4. The van der Waals surface area contributed by atoms with Gasteiger partial charge in [-0.15, -0.1) is 0 Å². The molecule has 1 heterocycles. The Hall–Kier alpha value is -1.15. The Labute approximate surface area is 88.7 Å². The van der Waals surface area contributed by atoms with E-state index < -0.39 is 0 Å². The van der Waals surface area contributed by atoms with Gasteiger partial charge in [0.1, 0.15) is 0 Å². The van der Waals surface area contributed by atoms with Crippen molar-refractivity contribution >= 4 is 11.3 Å². The van der Waals surface area contributed by atoms with Crippen molar-refractivity contribution in [3.8, 4) is 0 Å². The highest BCUT2D eigenvalue weighted by Gasteiger charge is 2.05. The number of rotatable bonds is 3. The van der Waals surface area contributed by atoms with E-state index in [1.807, 2.05) is 0 Å². The summed E-state index contributed by atoms with van der Waals surface area (Å²) < 4.78 is 2.30. The number of aryl methyl sites for hydroxylation is 3. The van der Waals surface area contributed by atoms with Crippen LogP contribution in [0, 0.1) is 6.92 Å². The van der Waals surface area contributed by atoms with Gasteiger partial charge in [-0.25, -0.2) is 0 Å². The van der Waals surface area contributed by atoms with Crippen LogP contribution in [0.1, 0.15) is 11.3 Å². The third-order valence-corrected chi connectivity index (χ3v) is 3.22. The summed E-state index contributed by atoms with van der Waals surface area (Å²) in [5.74, 6) is 0. The molecular weight excluding hydrogens is 190 g/mol. The van der Waals surface area contributed by atoms with Crippen molar-refractivity contribution in [3.05, 3.63) is 52.5 Å². The van der Waals surface area contributed by atoms with Crippen molar-refractivity contribution in [2.75, 3.05) is 0 Å². The largest absolute Gasteiger partial charge is 0.224 e. The minimum absolute atomic E-state index is 1.08. The Morgan fingerprint density at radius 1 is 1.21 bits per heavy atom. The molecule has 0 saturated heterocycles. The van der Waals surface area contributed by atoms with E-state index in [-0.39, 0.29) is 0 Å². The lowest BCUT2D eigenvalue weighted by Gasteiger charge is -1.96. The van der Waals surface area contributed by atoms with E-state index in [1.165, 1.54) is 11.3 Å². The predicted octanol–water partition coefficient (Wildman–Crippen LogP) is 2.59. The summed E-state index contributed by atoms with van der Waals surface area (Å²) >= 11 is 1.76. The number of thiazole rings is 1. The Kier molecular flexibility index (Phi) is 2.94. The van der Waals surface area contributed by atoms with Crippen LogP contribution in [0.4, 0.5) is 0 Å². The van der Waals surface area contributed by atoms with Crippen molar-refractivity contribution < 1.29 is 4.57 Å². The van der Waals surface area contributed by atoms with E-state index in [1.54, 1.807) is 11.3 Å². The molecule has 0 aliphatic rings. The molecule has 0 aliphatic heterocycles. The van der Waals surface area contributed by atoms with Crippen LogP contribution in [0.15, 0.2) is 41.2 Å². The van der Waals surface area contributed by atoms with Gasteiger partial charge in [0.2, 0.25) is 5.51 Å². The summed E-state index contributed by atoms with van der Waals surface area (Å²) in [5, 5.41) is 2.19. The molecule has 0 aliphatic carbocycles. The number of hydrogen-bond donors (Lipinski definition) is 0. The van der Waals surface area contributed by atoms with E-state index in [9.17, 15) is 0 Å². The summed E-state index contributed by atoms with van der Waals surface area (Å²) in [4.78, 5) is 0. The Morgan fingerprint density at radius 3 is 2.64 bits per heavy atom. The van der Waals surface area contributed by atoms with Crippen molar-refractivity contribution in [2.45, 2.75) is 19.9 Å². The standard InChI is InChI=1S/C12H14NS/c1-11-9-14-10-13(11)8-7-12-5-3-2-4-6-12/h2-6,9-10H,7-8H2,1H3/q+1. The molecule has 0 saturated carbocycles. The van der Waals surface area contributed by atoms with Crippen molar-refractivity contribution in [1.29, 1.82) is 0 Å². The van der Waals surface area contributed by atoms with Crippen molar-refractivity contribution in [1.82, 2.24) is 0 Å². The van der Waals surface area contributed by atoms with Crippen LogP contribution in [0.5, 0.6) is 0 Å². The Bertz CT molecular complexity index is 392. The molecule has 14 heavy (non-hydrogen) atoms. The van der Waals surface area contributed by atoms with Gasteiger partial charge in [0.25, 0.3) is 0 Å². The van der Waals surface area contributed by atoms with Crippen LogP contribution < -0.4 is 4.57 Å². The summed E-state index contributed by atoms with van der Waals surface area (Å²) in [6.07, 6.45) is 1.11. The van der Waals surface area contributed by atoms with Gasteiger partial charge in [0.15, 0.2) is 12.2 Å². The lowest BCUT2D eigenvalue weighted by molar-refractivity contribution is -0.697. The molecule has 0 spiro atoms. The molecule has 2 rings (SSSR count). The zero-order valence-corrected chi connectivity index (χ0v) is 9.13. The number of hydrogen-bond acceptors (Lipinski definition) is 1. The molecule has 0 atom stereocenters. The van der Waals surface area contributed by atoms with Crippen molar-refractivity contribution in [3.63, 3.8) is 0 Å². The maximum Gasteiger partial charge on any atom is 0.224 e. The maximum atomic E-state index is 2.30. The molecule has 0 N–H and O–H groups in total. The zero-order chi connectivity index (χ0) is 9.80. The molecule has 0 unspecified atom stereocenters. The molecule has 0 fully saturated rings. The predicted molar refractivity (Wildman–Crippen MR) is 59.4 cm³/mol. The van der Waals surface area contributed by atoms with E-state index in [0.29, 0.717) is 0 Å². The van der Waals surface area contributed by atoms with E-state index in [2.05, 4.69) is 52.7 Å². The molecular formula is C12H14NS+. The summed E-state index contributed by atoms with van der Waals surface area (Å²) in [5.41, 5.74) is 4.94. The van der Waals surface area contributed by atoms with Gasteiger partial charge in [-0.05, 0) is 5.56 Å². The highest BCUT2D eigenvalue weighted by molar-refractivity contribution is 7.07. The molecule has 0 bridgehead atoms. The zero-order valence-electron chi connectivity index (χ0n) is 8.31. The number of nitrogens with zero attached hydrogens (tertiary/aromatic N) is 1. The minimum Gasteiger partial charge on any atom is -0.193 e. The van der Waals surface area contributed by atoms with Crippen LogP contribution in [0.2, 0.25) is 0 Å². The second kappa shape index (κ2) is 4.38. The number of aromatic nitrogens is 1. The molecule has 0 amide bonds. The second-order valence-electron chi connectivity index (χ2n) is 3.43. The maximum absolute atomic E-state index is 2.30. The van der Waals surface area contributed by atoms with Gasteiger partial charge in [-0.3, -0.25) is 0 Å². The molecule has 0 radical (unpaired) electrons. The van der Waals surface area contributed by atoms with Gasteiger partial charge < -0.3 is 0 Å². The summed E-state index contributed by atoms with van der Waals surface area (Å²) in [7, 11) is 0. The molecule has 1 aromatic carbocycles. The lowest BCUT2D eigenvalue weighted by Crippen LogP contribution is -2.34. The van der Waals surface area contributed by atoms with Gasteiger partial charge in [0, 0.05) is 13.3 Å². The Morgan fingerprint density at radius 2 is 2.00 bits per heavy atom. The molecule has 2 aromatic rings. The van der Waals surface area contributed by atoms with Crippen LogP contribution in [0.25, 0.3) is 0 Å². The summed E-state index contributed by atoms with van der Waals surface area (Å²) in [6, 6.07) is 10.6. The first kappa shape index (κ1) is 9.41. The Balaban J connectivity index is 1.99. The fourth-order valence-electron chi connectivity index (χ4n) is 1.48. The third-order valence-electron chi connectivity index (χ3n) is 2.36. The molecule has 2 heteroatoms. The lowest BCUT2D eigenvalue weighted by atomic mass is 10.1. The van der Waals surface area contributed by atoms with Gasteiger partial charge in [0.05, 0.1) is 5.38 Å². The van der Waals surface area contributed by atoms with Crippen molar-refractivity contribution in [2.24, 2.45) is 0 Å². The van der Waals surface area contributed by atoms with Gasteiger partial charge in [-0.1, -0.05) is 41.7 Å². The summed E-state index contributed by atoms with van der Waals surface area (Å²) in [6.45, 7) is 3.24. The SMILES string of the molecule is Cc1csc[n+]1CCc1ccccc1. The van der Waals surface area contributed by atoms with Crippen LogP contribution in [0.3, 0.4) is 0 Å².